The molecule has 0 aromatic heterocycles. The third kappa shape index (κ3) is 3.50. The summed E-state index contributed by atoms with van der Waals surface area (Å²) < 4.78 is 19.8. The Morgan fingerprint density at radius 3 is 2.32 bits per heavy atom. The van der Waals surface area contributed by atoms with Gasteiger partial charge in [-0.25, -0.2) is 4.39 Å². The van der Waals surface area contributed by atoms with Crippen LogP contribution in [0.4, 0.5) is 4.39 Å². The second-order valence-electron chi connectivity index (χ2n) is 6.00. The fraction of sp³-hybridized carbons (Fsp3) is 0.368. The summed E-state index contributed by atoms with van der Waals surface area (Å²) in [6.45, 7) is 8.34. The van der Waals surface area contributed by atoms with Gasteiger partial charge in [-0.2, -0.15) is 0 Å². The zero-order valence-corrected chi connectivity index (χ0v) is 15.0. The minimum Gasteiger partial charge on any atom is -0.496 e. The van der Waals surface area contributed by atoms with E-state index in [0.717, 1.165) is 28.6 Å². The average Bonchev–Trinajstić information content (AvgIpc) is 2.50. The van der Waals surface area contributed by atoms with Crippen LogP contribution in [0.25, 0.3) is 0 Å². The van der Waals surface area contributed by atoms with Crippen molar-refractivity contribution < 1.29 is 9.13 Å². The molecule has 0 radical (unpaired) electrons. The Bertz CT molecular complexity index is 668. The third-order valence-corrected chi connectivity index (χ3v) is 6.04. The molecule has 0 bridgehead atoms. The smallest absolute Gasteiger partial charge is 0.130 e. The molecule has 0 amide bonds. The van der Waals surface area contributed by atoms with Crippen molar-refractivity contribution in [3.05, 3.63) is 58.9 Å². The van der Waals surface area contributed by atoms with Crippen LogP contribution in [-0.4, -0.2) is 7.11 Å². The van der Waals surface area contributed by atoms with Gasteiger partial charge in [0, 0.05) is 16.0 Å². The van der Waals surface area contributed by atoms with E-state index in [2.05, 4.69) is 26.8 Å². The summed E-state index contributed by atoms with van der Waals surface area (Å²) in [5.41, 5.74) is 3.32. The van der Waals surface area contributed by atoms with Gasteiger partial charge < -0.3 is 4.74 Å². The van der Waals surface area contributed by atoms with Crippen molar-refractivity contribution in [3.8, 4) is 5.75 Å². The molecule has 0 saturated heterocycles. The molecule has 0 heterocycles. The van der Waals surface area contributed by atoms with Gasteiger partial charge in [0.2, 0.25) is 0 Å². The number of halogens is 1. The second-order valence-corrected chi connectivity index (χ2v) is 7.89. The number of aryl methyl sites for hydroxylation is 2. The van der Waals surface area contributed by atoms with Gasteiger partial charge in [0.1, 0.15) is 11.6 Å². The monoisotopic (exact) mass is 318 g/mol. The molecule has 0 aliphatic carbocycles. The number of ether oxygens (including phenoxy) is 1. The van der Waals surface area contributed by atoms with Gasteiger partial charge in [-0.05, 0) is 38.0 Å². The molecular formula is C19H24FOP. The maximum atomic E-state index is 14.3. The fourth-order valence-electron chi connectivity index (χ4n) is 2.62. The van der Waals surface area contributed by atoms with Crippen LogP contribution in [0.15, 0.2) is 36.4 Å². The van der Waals surface area contributed by atoms with Crippen LogP contribution >= 0.6 is 8.58 Å². The lowest BCUT2D eigenvalue weighted by molar-refractivity contribution is 0.403. The summed E-state index contributed by atoms with van der Waals surface area (Å²) in [7, 11) is 2.06. The summed E-state index contributed by atoms with van der Waals surface area (Å²) in [6, 6.07) is 11.7. The van der Waals surface area contributed by atoms with Crippen molar-refractivity contribution in [1.82, 2.24) is 0 Å². The van der Waals surface area contributed by atoms with Crippen molar-refractivity contribution in [2.75, 3.05) is 7.11 Å². The van der Waals surface area contributed by atoms with E-state index in [4.69, 9.17) is 4.74 Å². The SMILES string of the molecule is CCC(C)(Pc1ccc(C)cc1F)c1cc(C)ccc1OC. The fourth-order valence-corrected chi connectivity index (χ4v) is 4.08. The first kappa shape index (κ1) is 17.0. The number of hydrogen-bond donors (Lipinski definition) is 0. The molecular weight excluding hydrogens is 294 g/mol. The lowest BCUT2D eigenvalue weighted by Gasteiger charge is -2.31. The highest BCUT2D eigenvalue weighted by Crippen LogP contribution is 2.47. The lowest BCUT2D eigenvalue weighted by atomic mass is 9.95. The highest BCUT2D eigenvalue weighted by Gasteiger charge is 2.29. The van der Waals surface area contributed by atoms with E-state index in [0.29, 0.717) is 8.58 Å². The van der Waals surface area contributed by atoms with Gasteiger partial charge >= 0.3 is 0 Å². The predicted octanol–water partition coefficient (Wildman–Crippen LogP) is 5.08. The highest BCUT2D eigenvalue weighted by molar-refractivity contribution is 7.48. The standard InChI is InChI=1S/C19H24FOP/c1-6-19(4,15-11-13(2)7-9-17(15)21-5)22-18-10-8-14(3)12-16(18)20/h7-12,22H,6H2,1-5H3. The Kier molecular flexibility index (Phi) is 5.24. The Hall–Kier alpha value is -1.40. The Morgan fingerprint density at radius 1 is 1.09 bits per heavy atom. The van der Waals surface area contributed by atoms with Gasteiger partial charge in [-0.3, -0.25) is 0 Å². The molecule has 0 fully saturated rings. The third-order valence-electron chi connectivity index (χ3n) is 4.19. The number of hydrogen-bond acceptors (Lipinski definition) is 1. The van der Waals surface area contributed by atoms with Gasteiger partial charge in [0.15, 0.2) is 0 Å². The maximum absolute atomic E-state index is 14.3. The molecule has 0 N–H and O–H groups in total. The molecule has 22 heavy (non-hydrogen) atoms. The van der Waals surface area contributed by atoms with Crippen LogP contribution in [0.3, 0.4) is 0 Å². The van der Waals surface area contributed by atoms with Crippen LogP contribution in [-0.2, 0) is 5.16 Å². The van der Waals surface area contributed by atoms with Gasteiger partial charge in [0.05, 0.1) is 7.11 Å². The summed E-state index contributed by atoms with van der Waals surface area (Å²) in [5.74, 6) is 0.777. The molecule has 2 rings (SSSR count). The summed E-state index contributed by atoms with van der Waals surface area (Å²) in [5, 5.41) is 0.659. The minimum atomic E-state index is -0.131. The predicted molar refractivity (Wildman–Crippen MR) is 94.5 cm³/mol. The first-order valence-corrected chi connectivity index (χ1v) is 8.59. The first-order valence-electron chi connectivity index (χ1n) is 7.59. The number of methoxy groups -OCH3 is 1. The van der Waals surface area contributed by atoms with Crippen LogP contribution in [0, 0.1) is 19.7 Å². The quantitative estimate of drug-likeness (QED) is 0.699. The summed E-state index contributed by atoms with van der Waals surface area (Å²) in [6.07, 6.45) is 0.929. The Labute approximate surface area is 134 Å². The summed E-state index contributed by atoms with van der Waals surface area (Å²) in [4.78, 5) is 0. The molecule has 2 unspecified atom stereocenters. The molecule has 118 valence electrons. The van der Waals surface area contributed by atoms with Crippen molar-refractivity contribution in [1.29, 1.82) is 0 Å². The number of benzene rings is 2. The molecule has 0 saturated carbocycles. The van der Waals surface area contributed by atoms with Gasteiger partial charge in [0.25, 0.3) is 0 Å². The first-order chi connectivity index (χ1) is 10.4. The number of rotatable bonds is 5. The van der Waals surface area contributed by atoms with Gasteiger partial charge in [-0.1, -0.05) is 52.3 Å². The zero-order valence-electron chi connectivity index (χ0n) is 14.0. The topological polar surface area (TPSA) is 9.23 Å². The van der Waals surface area contributed by atoms with E-state index < -0.39 is 0 Å². The molecule has 0 aliphatic rings. The van der Waals surface area contributed by atoms with E-state index in [1.54, 1.807) is 13.2 Å². The van der Waals surface area contributed by atoms with E-state index in [9.17, 15) is 4.39 Å². The lowest BCUT2D eigenvalue weighted by Crippen LogP contribution is -2.20. The average molecular weight is 318 g/mol. The van der Waals surface area contributed by atoms with Crippen LogP contribution < -0.4 is 10.0 Å². The van der Waals surface area contributed by atoms with E-state index in [-0.39, 0.29) is 11.0 Å². The van der Waals surface area contributed by atoms with Crippen molar-refractivity contribution in [2.45, 2.75) is 39.3 Å². The van der Waals surface area contributed by atoms with E-state index in [1.807, 2.05) is 31.2 Å². The van der Waals surface area contributed by atoms with Crippen molar-refractivity contribution >= 4 is 13.9 Å². The molecule has 2 aromatic rings. The molecule has 1 nitrogen and oxygen atoms in total. The molecule has 2 aromatic carbocycles. The van der Waals surface area contributed by atoms with Crippen molar-refractivity contribution in [3.63, 3.8) is 0 Å². The Morgan fingerprint density at radius 2 is 1.73 bits per heavy atom. The van der Waals surface area contributed by atoms with E-state index >= 15 is 0 Å². The van der Waals surface area contributed by atoms with Crippen LogP contribution in [0.1, 0.15) is 37.0 Å². The summed E-state index contributed by atoms with van der Waals surface area (Å²) >= 11 is 0. The largest absolute Gasteiger partial charge is 0.496 e. The molecule has 0 aliphatic heterocycles. The maximum Gasteiger partial charge on any atom is 0.130 e. The van der Waals surface area contributed by atoms with Gasteiger partial charge in [-0.15, -0.1) is 0 Å². The molecule has 2 atom stereocenters. The zero-order chi connectivity index (χ0) is 16.3. The molecule has 0 spiro atoms. The van der Waals surface area contributed by atoms with Crippen LogP contribution in [0.2, 0.25) is 0 Å². The van der Waals surface area contributed by atoms with Crippen LogP contribution in [0.5, 0.6) is 5.75 Å². The normalized spacial score (nSPS) is 14.3. The second kappa shape index (κ2) is 6.79. The Balaban J connectivity index is 2.46. The van der Waals surface area contributed by atoms with E-state index in [1.165, 1.54) is 5.56 Å². The highest BCUT2D eigenvalue weighted by atomic mass is 31.1. The molecule has 3 heteroatoms. The minimum absolute atomic E-state index is 0.107. The van der Waals surface area contributed by atoms with Crippen molar-refractivity contribution in [2.24, 2.45) is 0 Å².